The highest BCUT2D eigenvalue weighted by atomic mass is 16.3. The van der Waals surface area contributed by atoms with Gasteiger partial charge in [0.15, 0.2) is 0 Å². The molecule has 3 heteroatoms. The summed E-state index contributed by atoms with van der Waals surface area (Å²) >= 11 is 0. The lowest BCUT2D eigenvalue weighted by Crippen LogP contribution is -1.90. The molecule has 12 heavy (non-hydrogen) atoms. The SMILES string of the molecule is C[C](O)c1ccc2[nH]cnc2c1. The van der Waals surface area contributed by atoms with Gasteiger partial charge in [0, 0.05) is 0 Å². The Morgan fingerprint density at radius 3 is 3.08 bits per heavy atom. The smallest absolute Gasteiger partial charge is 0.119 e. The number of hydrogen-bond donors (Lipinski definition) is 2. The van der Waals surface area contributed by atoms with Gasteiger partial charge in [0.25, 0.3) is 0 Å². The number of imidazole rings is 1. The number of fused-ring (bicyclic) bond motifs is 1. The van der Waals surface area contributed by atoms with Crippen LogP contribution in [0.1, 0.15) is 12.5 Å². The van der Waals surface area contributed by atoms with Crippen molar-refractivity contribution in [1.29, 1.82) is 0 Å². The molecule has 1 radical (unpaired) electrons. The first-order valence-corrected chi connectivity index (χ1v) is 3.73. The van der Waals surface area contributed by atoms with E-state index in [0.29, 0.717) is 6.10 Å². The number of nitrogens with zero attached hydrogens (tertiary/aromatic N) is 1. The number of hydrogen-bond acceptors (Lipinski definition) is 2. The van der Waals surface area contributed by atoms with Crippen LogP contribution in [0.25, 0.3) is 11.0 Å². The Balaban J connectivity index is 2.60. The zero-order chi connectivity index (χ0) is 8.55. The molecule has 3 nitrogen and oxygen atoms in total. The summed E-state index contributed by atoms with van der Waals surface area (Å²) in [7, 11) is 0. The van der Waals surface area contributed by atoms with Gasteiger partial charge in [-0.05, 0) is 24.6 Å². The second-order valence-electron chi connectivity index (χ2n) is 2.72. The van der Waals surface area contributed by atoms with Crippen molar-refractivity contribution in [3.05, 3.63) is 36.2 Å². The minimum absolute atomic E-state index is 0.319. The number of H-pyrrole nitrogens is 1. The average Bonchev–Trinajstić information content (AvgIpc) is 2.49. The van der Waals surface area contributed by atoms with E-state index in [2.05, 4.69) is 9.97 Å². The fourth-order valence-corrected chi connectivity index (χ4v) is 1.16. The number of aromatic nitrogens is 2. The lowest BCUT2D eigenvalue weighted by atomic mass is 10.1. The molecule has 1 aromatic carbocycles. The minimum atomic E-state index is 0.319. The molecular formula is C9H9N2O. The van der Waals surface area contributed by atoms with Crippen LogP contribution in [0, 0.1) is 6.10 Å². The van der Waals surface area contributed by atoms with Crippen LogP contribution in [-0.4, -0.2) is 15.1 Å². The van der Waals surface area contributed by atoms with E-state index in [9.17, 15) is 5.11 Å². The van der Waals surface area contributed by atoms with Crippen molar-refractivity contribution in [1.82, 2.24) is 9.97 Å². The first kappa shape index (κ1) is 7.31. The van der Waals surface area contributed by atoms with Crippen LogP contribution < -0.4 is 0 Å². The van der Waals surface area contributed by atoms with Gasteiger partial charge in [0.05, 0.1) is 17.4 Å². The van der Waals surface area contributed by atoms with Gasteiger partial charge in [-0.3, -0.25) is 0 Å². The molecule has 1 heterocycles. The first-order valence-electron chi connectivity index (χ1n) is 3.73. The Hall–Kier alpha value is -1.35. The van der Waals surface area contributed by atoms with Gasteiger partial charge in [-0.1, -0.05) is 6.07 Å². The van der Waals surface area contributed by atoms with Crippen molar-refractivity contribution < 1.29 is 5.11 Å². The number of nitrogens with one attached hydrogen (secondary N) is 1. The van der Waals surface area contributed by atoms with Crippen LogP contribution in [0.15, 0.2) is 24.5 Å². The van der Waals surface area contributed by atoms with Crippen LogP contribution >= 0.6 is 0 Å². The van der Waals surface area contributed by atoms with Crippen LogP contribution in [0.3, 0.4) is 0 Å². The maximum atomic E-state index is 9.20. The predicted molar refractivity (Wildman–Crippen MR) is 46.0 cm³/mol. The van der Waals surface area contributed by atoms with Crippen molar-refractivity contribution in [3.63, 3.8) is 0 Å². The van der Waals surface area contributed by atoms with E-state index in [-0.39, 0.29) is 0 Å². The number of aromatic amines is 1. The van der Waals surface area contributed by atoms with Gasteiger partial charge in [-0.25, -0.2) is 4.98 Å². The third kappa shape index (κ3) is 1.08. The highest BCUT2D eigenvalue weighted by molar-refractivity contribution is 5.75. The first-order chi connectivity index (χ1) is 5.77. The van der Waals surface area contributed by atoms with Crippen LogP contribution in [0.2, 0.25) is 0 Å². The molecule has 0 aliphatic carbocycles. The molecule has 61 valence electrons. The number of rotatable bonds is 1. The lowest BCUT2D eigenvalue weighted by Gasteiger charge is -2.01. The summed E-state index contributed by atoms with van der Waals surface area (Å²) in [5.41, 5.74) is 2.68. The standard InChI is InChI=1S/C9H9N2O/c1-6(12)7-2-3-8-9(4-7)11-5-10-8/h2-5,12H,1H3,(H,10,11). The summed E-state index contributed by atoms with van der Waals surface area (Å²) in [6.45, 7) is 1.66. The molecule has 0 aliphatic heterocycles. The quantitative estimate of drug-likeness (QED) is 0.670. The molecule has 0 spiro atoms. The zero-order valence-electron chi connectivity index (χ0n) is 6.70. The summed E-state index contributed by atoms with van der Waals surface area (Å²) < 4.78 is 0. The van der Waals surface area contributed by atoms with Crippen LogP contribution in [0.4, 0.5) is 0 Å². The fourth-order valence-electron chi connectivity index (χ4n) is 1.16. The topological polar surface area (TPSA) is 48.9 Å². The van der Waals surface area contributed by atoms with Crippen molar-refractivity contribution in [2.75, 3.05) is 0 Å². The van der Waals surface area contributed by atoms with Crippen molar-refractivity contribution in [3.8, 4) is 0 Å². The molecule has 0 saturated heterocycles. The van der Waals surface area contributed by atoms with E-state index >= 15 is 0 Å². The normalized spacial score (nSPS) is 11.2. The third-order valence-electron chi connectivity index (χ3n) is 1.84. The Morgan fingerprint density at radius 1 is 1.50 bits per heavy atom. The van der Waals surface area contributed by atoms with Gasteiger partial charge < -0.3 is 10.1 Å². The van der Waals surface area contributed by atoms with Crippen molar-refractivity contribution in [2.24, 2.45) is 0 Å². The van der Waals surface area contributed by atoms with Gasteiger partial charge in [0.1, 0.15) is 6.10 Å². The molecule has 0 bridgehead atoms. The molecule has 2 rings (SSSR count). The van der Waals surface area contributed by atoms with Gasteiger partial charge >= 0.3 is 0 Å². The largest absolute Gasteiger partial charge is 0.382 e. The molecule has 0 atom stereocenters. The summed E-state index contributed by atoms with van der Waals surface area (Å²) in [6.07, 6.45) is 1.96. The van der Waals surface area contributed by atoms with Crippen LogP contribution in [0.5, 0.6) is 0 Å². The number of aliphatic hydroxyl groups is 1. The second kappa shape index (κ2) is 2.60. The summed E-state index contributed by atoms with van der Waals surface area (Å²) in [5, 5.41) is 9.20. The summed E-state index contributed by atoms with van der Waals surface area (Å²) in [6, 6.07) is 5.61. The van der Waals surface area contributed by atoms with Crippen molar-refractivity contribution in [2.45, 2.75) is 6.92 Å². The van der Waals surface area contributed by atoms with E-state index in [0.717, 1.165) is 16.6 Å². The third-order valence-corrected chi connectivity index (χ3v) is 1.84. The zero-order valence-corrected chi connectivity index (χ0v) is 6.70. The van der Waals surface area contributed by atoms with E-state index in [1.165, 1.54) is 0 Å². The Bertz CT molecular complexity index is 392. The summed E-state index contributed by atoms with van der Waals surface area (Å²) in [4.78, 5) is 7.07. The Morgan fingerprint density at radius 2 is 2.33 bits per heavy atom. The van der Waals surface area contributed by atoms with E-state index in [1.807, 2.05) is 18.2 Å². The molecule has 0 saturated carbocycles. The Labute approximate surface area is 70.1 Å². The Kier molecular flexibility index (Phi) is 1.59. The lowest BCUT2D eigenvalue weighted by molar-refractivity contribution is 0.341. The maximum Gasteiger partial charge on any atom is 0.119 e. The molecule has 0 unspecified atom stereocenters. The molecular weight excluding hydrogens is 152 g/mol. The van der Waals surface area contributed by atoms with E-state index < -0.39 is 0 Å². The minimum Gasteiger partial charge on any atom is -0.382 e. The average molecular weight is 161 g/mol. The van der Waals surface area contributed by atoms with Crippen molar-refractivity contribution >= 4 is 11.0 Å². The molecule has 1 aromatic heterocycles. The number of benzene rings is 1. The molecule has 0 fully saturated rings. The second-order valence-corrected chi connectivity index (χ2v) is 2.72. The highest BCUT2D eigenvalue weighted by Gasteiger charge is 2.03. The van der Waals surface area contributed by atoms with Gasteiger partial charge in [-0.2, -0.15) is 0 Å². The highest BCUT2D eigenvalue weighted by Crippen LogP contribution is 2.16. The van der Waals surface area contributed by atoms with Gasteiger partial charge in [0.2, 0.25) is 0 Å². The molecule has 2 N–H and O–H groups in total. The van der Waals surface area contributed by atoms with Crippen LogP contribution in [-0.2, 0) is 0 Å². The fraction of sp³-hybridized carbons (Fsp3) is 0.111. The van der Waals surface area contributed by atoms with Gasteiger partial charge in [-0.15, -0.1) is 0 Å². The molecule has 0 aliphatic rings. The molecule has 2 aromatic rings. The maximum absolute atomic E-state index is 9.20. The predicted octanol–water partition coefficient (Wildman–Crippen LogP) is 1.84. The van der Waals surface area contributed by atoms with E-state index in [1.54, 1.807) is 13.3 Å². The number of aliphatic hydroxyl groups excluding tert-OH is 1. The summed E-state index contributed by atoms with van der Waals surface area (Å²) in [5.74, 6) is 0. The molecule has 0 amide bonds. The van der Waals surface area contributed by atoms with E-state index in [4.69, 9.17) is 0 Å². The monoisotopic (exact) mass is 161 g/mol.